The molecule has 0 saturated carbocycles. The fraction of sp³-hybridized carbons (Fsp3) is 0.269. The molecule has 0 unspecified atom stereocenters. The zero-order chi connectivity index (χ0) is 24.1. The van der Waals surface area contributed by atoms with Crippen LogP contribution in [-0.2, 0) is 16.4 Å². The number of hydrogen-bond acceptors (Lipinski definition) is 4. The predicted octanol–water partition coefficient (Wildman–Crippen LogP) is 5.76. The lowest BCUT2D eigenvalue weighted by atomic mass is 9.97. The molecule has 0 atom stereocenters. The monoisotopic (exact) mass is 466 g/mol. The molecule has 0 amide bonds. The molecule has 0 saturated heterocycles. The summed E-state index contributed by atoms with van der Waals surface area (Å²) < 4.78 is 43.2. The number of aromatic hydroxyl groups is 1. The van der Waals surface area contributed by atoms with Gasteiger partial charge in [0.05, 0.1) is 21.6 Å². The van der Waals surface area contributed by atoms with Gasteiger partial charge in [-0.15, -0.1) is 0 Å². The van der Waals surface area contributed by atoms with Crippen LogP contribution >= 0.6 is 0 Å². The van der Waals surface area contributed by atoms with Gasteiger partial charge in [-0.3, -0.25) is 0 Å². The average Bonchev–Trinajstić information content (AvgIpc) is 3.10. The van der Waals surface area contributed by atoms with Gasteiger partial charge >= 0.3 is 0 Å². The van der Waals surface area contributed by atoms with Crippen molar-refractivity contribution in [2.45, 2.75) is 51.9 Å². The van der Waals surface area contributed by atoms with Crippen molar-refractivity contribution in [3.05, 3.63) is 88.0 Å². The number of pyridine rings is 1. The fourth-order valence-corrected chi connectivity index (χ4v) is 5.50. The third-order valence-electron chi connectivity index (χ3n) is 6.02. The Bertz CT molecular complexity index is 1450. The first-order chi connectivity index (χ1) is 15.5. The Kier molecular flexibility index (Phi) is 5.78. The number of aromatic nitrogens is 2. The van der Waals surface area contributed by atoms with Crippen molar-refractivity contribution in [1.82, 2.24) is 8.96 Å². The molecule has 0 radical (unpaired) electrons. The minimum atomic E-state index is -3.92. The third kappa shape index (κ3) is 4.13. The number of fused-ring (bicyclic) bond motifs is 1. The van der Waals surface area contributed by atoms with Gasteiger partial charge < -0.3 is 5.11 Å². The number of phenols is 1. The number of aryl methyl sites for hydroxylation is 3. The first-order valence-corrected chi connectivity index (χ1v) is 12.2. The van der Waals surface area contributed by atoms with Crippen LogP contribution in [0.1, 0.15) is 53.3 Å². The van der Waals surface area contributed by atoms with Crippen molar-refractivity contribution in [2.24, 2.45) is 0 Å². The van der Waals surface area contributed by atoms with Crippen molar-refractivity contribution in [3.63, 3.8) is 0 Å². The molecule has 0 spiro atoms. The second-order valence-corrected chi connectivity index (χ2v) is 10.7. The molecule has 2 aromatic carbocycles. The Labute approximate surface area is 193 Å². The lowest BCUT2D eigenvalue weighted by Crippen LogP contribution is -2.12. The van der Waals surface area contributed by atoms with Crippen LogP contribution in [0, 0.1) is 26.6 Å². The smallest absolute Gasteiger partial charge is 0.268 e. The van der Waals surface area contributed by atoms with E-state index in [-0.39, 0.29) is 34.2 Å². The lowest BCUT2D eigenvalue weighted by Gasteiger charge is -2.12. The van der Waals surface area contributed by atoms with Crippen LogP contribution in [0.4, 0.5) is 4.39 Å². The molecule has 0 fully saturated rings. The van der Waals surface area contributed by atoms with Gasteiger partial charge in [-0.05, 0) is 73.2 Å². The molecule has 2 aromatic heterocycles. The molecule has 4 rings (SSSR count). The highest BCUT2D eigenvalue weighted by atomic mass is 32.2. The number of hydrogen-bond donors (Lipinski definition) is 1. The van der Waals surface area contributed by atoms with Gasteiger partial charge in [0, 0.05) is 18.7 Å². The lowest BCUT2D eigenvalue weighted by molar-refractivity contribution is 0.474. The van der Waals surface area contributed by atoms with Crippen molar-refractivity contribution in [2.75, 3.05) is 0 Å². The summed E-state index contributed by atoms with van der Waals surface area (Å²) in [5.41, 5.74) is 5.20. The maximum absolute atomic E-state index is 15.3. The van der Waals surface area contributed by atoms with E-state index in [9.17, 15) is 13.5 Å². The number of rotatable bonds is 5. The molecule has 172 valence electrons. The molecule has 0 aliphatic rings. The maximum atomic E-state index is 15.3. The summed E-state index contributed by atoms with van der Waals surface area (Å²) in [6, 6.07) is 11.1. The van der Waals surface area contributed by atoms with Crippen LogP contribution in [0.3, 0.4) is 0 Å². The van der Waals surface area contributed by atoms with E-state index in [1.165, 1.54) is 6.07 Å². The van der Waals surface area contributed by atoms with Crippen molar-refractivity contribution < 1.29 is 17.9 Å². The predicted molar refractivity (Wildman–Crippen MR) is 128 cm³/mol. The van der Waals surface area contributed by atoms with E-state index >= 15 is 4.39 Å². The maximum Gasteiger partial charge on any atom is 0.268 e. The van der Waals surface area contributed by atoms with Crippen LogP contribution in [0.2, 0.25) is 0 Å². The van der Waals surface area contributed by atoms with Gasteiger partial charge in [0.2, 0.25) is 0 Å². The van der Waals surface area contributed by atoms with E-state index in [0.717, 1.165) is 31.8 Å². The van der Waals surface area contributed by atoms with E-state index < -0.39 is 15.8 Å². The Morgan fingerprint density at radius 1 is 1.03 bits per heavy atom. The highest BCUT2D eigenvalue weighted by Gasteiger charge is 2.25. The Hall–Kier alpha value is -3.19. The molecular formula is C26H27FN2O3S. The van der Waals surface area contributed by atoms with E-state index in [1.807, 2.05) is 34.6 Å². The number of nitrogens with zero attached hydrogens (tertiary/aromatic N) is 2. The van der Waals surface area contributed by atoms with Crippen LogP contribution in [0.5, 0.6) is 5.75 Å². The summed E-state index contributed by atoms with van der Waals surface area (Å²) in [6.45, 7) is 9.52. The normalized spacial score (nSPS) is 12.1. The quantitative estimate of drug-likeness (QED) is 0.406. The number of phenolic OH excluding ortho intramolecular Hbond substituents is 1. The first-order valence-electron chi connectivity index (χ1n) is 10.8. The SMILES string of the molecule is Cc1ccc(S(=O)(=O)n2cc(C(C)C)c3nc(Cc4c(C)cc(O)cc4C)c(F)cc32)cc1. The minimum absolute atomic E-state index is 0.00933. The second-order valence-electron chi connectivity index (χ2n) is 8.87. The number of halogens is 1. The zero-order valence-electron chi connectivity index (χ0n) is 19.3. The van der Waals surface area contributed by atoms with E-state index in [2.05, 4.69) is 4.98 Å². The van der Waals surface area contributed by atoms with Crippen LogP contribution in [0.25, 0.3) is 11.0 Å². The summed E-state index contributed by atoms with van der Waals surface area (Å²) in [6.07, 6.45) is 1.80. The largest absolute Gasteiger partial charge is 0.508 e. The number of benzene rings is 2. The van der Waals surface area contributed by atoms with Gasteiger partial charge in [0.1, 0.15) is 11.6 Å². The second kappa shape index (κ2) is 8.30. The summed E-state index contributed by atoms with van der Waals surface area (Å²) in [4.78, 5) is 4.75. The summed E-state index contributed by atoms with van der Waals surface area (Å²) >= 11 is 0. The highest BCUT2D eigenvalue weighted by molar-refractivity contribution is 7.90. The van der Waals surface area contributed by atoms with E-state index in [4.69, 9.17) is 0 Å². The van der Waals surface area contributed by atoms with Crippen molar-refractivity contribution >= 4 is 21.1 Å². The standard InChI is InChI=1S/C26H27FN2O3S/c1-15(2)22-14-29(33(31,32)20-8-6-16(3)7-9-20)25-13-23(27)24(28-26(22)25)12-21-17(4)10-19(30)11-18(21)5/h6-11,13-15,30H,12H2,1-5H3. The van der Waals surface area contributed by atoms with Gasteiger partial charge in [-0.2, -0.15) is 0 Å². The molecular weight excluding hydrogens is 439 g/mol. The minimum Gasteiger partial charge on any atom is -0.508 e. The summed E-state index contributed by atoms with van der Waals surface area (Å²) in [5.74, 6) is -0.411. The van der Waals surface area contributed by atoms with Crippen molar-refractivity contribution in [1.29, 1.82) is 0 Å². The third-order valence-corrected chi connectivity index (χ3v) is 7.71. The molecule has 4 aromatic rings. The molecule has 7 heteroatoms. The fourth-order valence-electron chi connectivity index (χ4n) is 4.14. The van der Waals surface area contributed by atoms with Gasteiger partial charge in [0.15, 0.2) is 0 Å². The molecule has 5 nitrogen and oxygen atoms in total. The zero-order valence-corrected chi connectivity index (χ0v) is 20.2. The van der Waals surface area contributed by atoms with Gasteiger partial charge in [0.25, 0.3) is 10.0 Å². The van der Waals surface area contributed by atoms with E-state index in [1.54, 1.807) is 42.6 Å². The molecule has 33 heavy (non-hydrogen) atoms. The van der Waals surface area contributed by atoms with Crippen LogP contribution in [-0.4, -0.2) is 22.5 Å². The molecule has 1 N–H and O–H groups in total. The molecule has 0 aliphatic carbocycles. The first kappa shape index (κ1) is 23.0. The summed E-state index contributed by atoms with van der Waals surface area (Å²) in [7, 11) is -3.92. The Morgan fingerprint density at radius 2 is 1.64 bits per heavy atom. The van der Waals surface area contributed by atoms with Gasteiger partial charge in [-0.25, -0.2) is 21.8 Å². The average molecular weight is 467 g/mol. The van der Waals surface area contributed by atoms with Crippen LogP contribution < -0.4 is 0 Å². The van der Waals surface area contributed by atoms with Gasteiger partial charge in [-0.1, -0.05) is 31.5 Å². The topological polar surface area (TPSA) is 72.2 Å². The van der Waals surface area contributed by atoms with Crippen molar-refractivity contribution in [3.8, 4) is 5.75 Å². The summed E-state index contributed by atoms with van der Waals surface area (Å²) in [5, 5.41) is 9.82. The van der Waals surface area contributed by atoms with E-state index in [0.29, 0.717) is 5.52 Å². The Morgan fingerprint density at radius 3 is 2.21 bits per heavy atom. The highest BCUT2D eigenvalue weighted by Crippen LogP contribution is 2.32. The molecule has 2 heterocycles. The van der Waals surface area contributed by atoms with Crippen LogP contribution in [0.15, 0.2) is 53.6 Å². The Balaban J connectivity index is 1.90. The molecule has 0 aliphatic heterocycles. The molecule has 0 bridgehead atoms.